The van der Waals surface area contributed by atoms with E-state index in [-0.39, 0.29) is 30.5 Å². The van der Waals surface area contributed by atoms with Crippen LogP contribution in [-0.2, 0) is 14.3 Å². The summed E-state index contributed by atoms with van der Waals surface area (Å²) in [5.74, 6) is 0.350. The fourth-order valence-electron chi connectivity index (χ4n) is 2.02. The van der Waals surface area contributed by atoms with Gasteiger partial charge in [-0.15, -0.1) is 0 Å². The summed E-state index contributed by atoms with van der Waals surface area (Å²) in [5.41, 5.74) is 0. The predicted molar refractivity (Wildman–Crippen MR) is 57.7 cm³/mol. The van der Waals surface area contributed by atoms with Crippen LogP contribution in [0.5, 0.6) is 0 Å². The van der Waals surface area contributed by atoms with Crippen LogP contribution in [0.2, 0.25) is 0 Å². The zero-order valence-electron chi connectivity index (χ0n) is 9.73. The highest BCUT2D eigenvalue weighted by Crippen LogP contribution is 2.34. The van der Waals surface area contributed by atoms with Crippen molar-refractivity contribution in [3.8, 4) is 0 Å². The first kappa shape index (κ1) is 11.4. The van der Waals surface area contributed by atoms with Gasteiger partial charge in [-0.1, -0.05) is 0 Å². The van der Waals surface area contributed by atoms with Crippen LogP contribution < -0.4 is 5.32 Å². The Labute approximate surface area is 95.1 Å². The predicted octanol–water partition coefficient (Wildman–Crippen LogP) is -0.242. The molecule has 1 N–H and O–H groups in total. The number of ether oxygens (including phenoxy) is 1. The molecule has 2 unspecified atom stereocenters. The van der Waals surface area contributed by atoms with Crippen LogP contribution in [0, 0.1) is 5.92 Å². The van der Waals surface area contributed by atoms with E-state index in [9.17, 15) is 9.59 Å². The van der Waals surface area contributed by atoms with E-state index in [1.165, 1.54) is 0 Å². The van der Waals surface area contributed by atoms with Crippen LogP contribution in [-0.4, -0.2) is 49.1 Å². The molecule has 1 heterocycles. The molecule has 2 fully saturated rings. The SMILES string of the molecule is COC(C)CN1CC(=O)NC(C2CC2)C1=O. The van der Waals surface area contributed by atoms with Crippen LogP contribution in [0.3, 0.4) is 0 Å². The Balaban J connectivity index is 2.00. The van der Waals surface area contributed by atoms with Crippen molar-refractivity contribution in [1.82, 2.24) is 10.2 Å². The van der Waals surface area contributed by atoms with Gasteiger partial charge >= 0.3 is 0 Å². The first-order valence-corrected chi connectivity index (χ1v) is 5.72. The minimum Gasteiger partial charge on any atom is -0.380 e. The summed E-state index contributed by atoms with van der Waals surface area (Å²) in [4.78, 5) is 25.2. The number of rotatable bonds is 4. The van der Waals surface area contributed by atoms with Gasteiger partial charge in [0.1, 0.15) is 6.04 Å². The number of carbonyl (C=O) groups excluding carboxylic acids is 2. The third kappa shape index (κ3) is 2.35. The summed E-state index contributed by atoms with van der Waals surface area (Å²) < 4.78 is 5.12. The standard InChI is InChI=1S/C11H18N2O3/c1-7(16-2)5-13-6-9(14)12-10(11(13)15)8-3-4-8/h7-8,10H,3-6H2,1-2H3,(H,12,14). The fourth-order valence-corrected chi connectivity index (χ4v) is 2.02. The van der Waals surface area contributed by atoms with Gasteiger partial charge in [-0.3, -0.25) is 9.59 Å². The topological polar surface area (TPSA) is 58.6 Å². The smallest absolute Gasteiger partial charge is 0.245 e. The van der Waals surface area contributed by atoms with Crippen molar-refractivity contribution in [3.63, 3.8) is 0 Å². The molecule has 0 aromatic heterocycles. The van der Waals surface area contributed by atoms with E-state index in [1.54, 1.807) is 12.0 Å². The largest absolute Gasteiger partial charge is 0.380 e. The zero-order valence-corrected chi connectivity index (χ0v) is 9.73. The van der Waals surface area contributed by atoms with Gasteiger partial charge in [0.05, 0.1) is 12.6 Å². The molecule has 16 heavy (non-hydrogen) atoms. The molecule has 1 saturated heterocycles. The summed E-state index contributed by atoms with van der Waals surface area (Å²) in [6.07, 6.45) is 2.06. The Hall–Kier alpha value is -1.10. The molecule has 0 spiro atoms. The molecule has 0 aromatic carbocycles. The number of piperazine rings is 1. The monoisotopic (exact) mass is 226 g/mol. The lowest BCUT2D eigenvalue weighted by molar-refractivity contribution is -0.146. The van der Waals surface area contributed by atoms with Gasteiger partial charge in [0.25, 0.3) is 0 Å². The van der Waals surface area contributed by atoms with E-state index in [1.807, 2.05) is 6.92 Å². The van der Waals surface area contributed by atoms with Gasteiger partial charge in [-0.2, -0.15) is 0 Å². The van der Waals surface area contributed by atoms with Crippen LogP contribution in [0.25, 0.3) is 0 Å². The van der Waals surface area contributed by atoms with Crippen molar-refractivity contribution in [3.05, 3.63) is 0 Å². The number of methoxy groups -OCH3 is 1. The lowest BCUT2D eigenvalue weighted by atomic mass is 10.1. The van der Waals surface area contributed by atoms with Crippen molar-refractivity contribution in [1.29, 1.82) is 0 Å². The summed E-state index contributed by atoms with van der Waals surface area (Å²) in [5, 5.41) is 2.78. The molecule has 2 atom stereocenters. The molecule has 1 aliphatic heterocycles. The molecule has 90 valence electrons. The number of amides is 2. The number of hydrogen-bond donors (Lipinski definition) is 1. The summed E-state index contributed by atoms with van der Waals surface area (Å²) in [6, 6.07) is -0.287. The third-order valence-corrected chi connectivity index (χ3v) is 3.20. The molecule has 2 rings (SSSR count). The van der Waals surface area contributed by atoms with Crippen molar-refractivity contribution in [2.24, 2.45) is 5.92 Å². The van der Waals surface area contributed by atoms with E-state index < -0.39 is 0 Å². The van der Waals surface area contributed by atoms with Gasteiger partial charge in [0.2, 0.25) is 11.8 Å². The van der Waals surface area contributed by atoms with E-state index >= 15 is 0 Å². The lowest BCUT2D eigenvalue weighted by Gasteiger charge is -2.33. The zero-order chi connectivity index (χ0) is 11.7. The number of hydrogen-bond acceptors (Lipinski definition) is 3. The molecule has 2 amide bonds. The number of nitrogens with one attached hydrogen (secondary N) is 1. The normalized spacial score (nSPS) is 27.9. The molecule has 5 heteroatoms. The third-order valence-electron chi connectivity index (χ3n) is 3.20. The molecule has 0 aromatic rings. The average Bonchev–Trinajstić information content (AvgIpc) is 3.06. The Morgan fingerprint density at radius 1 is 1.50 bits per heavy atom. The second-order valence-electron chi connectivity index (χ2n) is 4.65. The van der Waals surface area contributed by atoms with Crippen LogP contribution in [0.15, 0.2) is 0 Å². The molecule has 0 bridgehead atoms. The Morgan fingerprint density at radius 3 is 2.75 bits per heavy atom. The van der Waals surface area contributed by atoms with Crippen LogP contribution in [0.4, 0.5) is 0 Å². The first-order valence-electron chi connectivity index (χ1n) is 5.72. The van der Waals surface area contributed by atoms with Crippen molar-refractivity contribution < 1.29 is 14.3 Å². The number of nitrogens with zero attached hydrogens (tertiary/aromatic N) is 1. The molecule has 1 saturated carbocycles. The van der Waals surface area contributed by atoms with Gasteiger partial charge in [0.15, 0.2) is 0 Å². The minimum absolute atomic E-state index is 0.0327. The van der Waals surface area contributed by atoms with Crippen molar-refractivity contribution in [2.75, 3.05) is 20.2 Å². The maximum atomic E-state index is 12.1. The van der Waals surface area contributed by atoms with Crippen LogP contribution >= 0.6 is 0 Å². The average molecular weight is 226 g/mol. The minimum atomic E-state index is -0.287. The molecular formula is C11H18N2O3. The highest BCUT2D eigenvalue weighted by molar-refractivity contribution is 5.95. The maximum absolute atomic E-state index is 12.1. The van der Waals surface area contributed by atoms with Gasteiger partial charge in [-0.25, -0.2) is 0 Å². The second-order valence-corrected chi connectivity index (χ2v) is 4.65. The van der Waals surface area contributed by atoms with Crippen molar-refractivity contribution in [2.45, 2.75) is 31.9 Å². The van der Waals surface area contributed by atoms with Gasteiger partial charge < -0.3 is 15.0 Å². The molecule has 1 aliphatic carbocycles. The van der Waals surface area contributed by atoms with Crippen molar-refractivity contribution >= 4 is 11.8 Å². The first-order chi connectivity index (χ1) is 7.61. The quantitative estimate of drug-likeness (QED) is 0.719. The fraction of sp³-hybridized carbons (Fsp3) is 0.818. The van der Waals surface area contributed by atoms with E-state index in [2.05, 4.69) is 5.32 Å². The summed E-state index contributed by atoms with van der Waals surface area (Å²) >= 11 is 0. The molecule has 0 radical (unpaired) electrons. The van der Waals surface area contributed by atoms with Gasteiger partial charge in [-0.05, 0) is 25.7 Å². The highest BCUT2D eigenvalue weighted by atomic mass is 16.5. The molecule has 5 nitrogen and oxygen atoms in total. The summed E-state index contributed by atoms with van der Waals surface area (Å²) in [6.45, 7) is 2.55. The maximum Gasteiger partial charge on any atom is 0.245 e. The van der Waals surface area contributed by atoms with E-state index in [0.717, 1.165) is 12.8 Å². The number of carbonyl (C=O) groups is 2. The second kappa shape index (κ2) is 4.41. The molecular weight excluding hydrogens is 208 g/mol. The van der Waals surface area contributed by atoms with E-state index in [4.69, 9.17) is 4.74 Å². The molecule has 2 aliphatic rings. The van der Waals surface area contributed by atoms with Gasteiger partial charge in [0, 0.05) is 13.7 Å². The lowest BCUT2D eigenvalue weighted by Crippen LogP contribution is -2.59. The summed E-state index contributed by atoms with van der Waals surface area (Å²) in [7, 11) is 1.61. The van der Waals surface area contributed by atoms with Crippen LogP contribution in [0.1, 0.15) is 19.8 Å². The Bertz CT molecular complexity index is 302. The Kier molecular flexibility index (Phi) is 3.14. The van der Waals surface area contributed by atoms with E-state index in [0.29, 0.717) is 12.5 Å². The Morgan fingerprint density at radius 2 is 2.19 bits per heavy atom. The highest BCUT2D eigenvalue weighted by Gasteiger charge is 2.42.